The largest absolute Gasteiger partial charge is 0.333 e. The lowest BCUT2D eigenvalue weighted by Crippen LogP contribution is -2.87. The molecule has 1 aromatic rings. The van der Waals surface area contributed by atoms with Crippen molar-refractivity contribution < 1.29 is 10.1 Å². The number of rotatable bonds is 6. The van der Waals surface area contributed by atoms with Crippen LogP contribution in [-0.2, 0) is 4.79 Å². The summed E-state index contributed by atoms with van der Waals surface area (Å²) in [6.07, 6.45) is 0. The molecule has 0 saturated carbocycles. The Labute approximate surface area is 121 Å². The molecular formula is C16H24N3O+. The summed E-state index contributed by atoms with van der Waals surface area (Å²) in [4.78, 5) is 12.0. The highest BCUT2D eigenvalue weighted by Gasteiger charge is 2.30. The second kappa shape index (κ2) is 7.06. The summed E-state index contributed by atoms with van der Waals surface area (Å²) in [5, 5.41) is 14.0. The van der Waals surface area contributed by atoms with Gasteiger partial charge in [-0.05, 0) is 19.8 Å². The molecule has 0 aliphatic rings. The number of quaternary nitrogens is 1. The third-order valence-electron chi connectivity index (χ3n) is 3.77. The summed E-state index contributed by atoms with van der Waals surface area (Å²) in [6, 6.07) is 12.5. The van der Waals surface area contributed by atoms with Crippen molar-refractivity contribution in [2.75, 3.05) is 6.54 Å². The van der Waals surface area contributed by atoms with Gasteiger partial charge >= 0.3 is 0 Å². The van der Waals surface area contributed by atoms with Gasteiger partial charge in [-0.15, -0.1) is 0 Å². The molecule has 1 rings (SSSR count). The van der Waals surface area contributed by atoms with Gasteiger partial charge in [0.1, 0.15) is 11.6 Å². The lowest BCUT2D eigenvalue weighted by molar-refractivity contribution is -0.682. The Bertz CT molecular complexity index is 478. The summed E-state index contributed by atoms with van der Waals surface area (Å²) in [5.41, 5.74) is 0.383. The molecule has 0 unspecified atom stereocenters. The van der Waals surface area contributed by atoms with Crippen molar-refractivity contribution in [3.63, 3.8) is 0 Å². The van der Waals surface area contributed by atoms with E-state index in [9.17, 15) is 10.1 Å². The quantitative estimate of drug-likeness (QED) is 0.822. The first kappa shape index (κ1) is 16.2. The number of nitrogens with one attached hydrogen (secondary N) is 1. The van der Waals surface area contributed by atoms with Crippen LogP contribution in [0.2, 0.25) is 0 Å². The van der Waals surface area contributed by atoms with E-state index >= 15 is 0 Å². The van der Waals surface area contributed by atoms with Crippen molar-refractivity contribution in [3.8, 4) is 6.07 Å². The van der Waals surface area contributed by atoms with Crippen molar-refractivity contribution in [1.29, 1.82) is 5.26 Å². The van der Waals surface area contributed by atoms with Crippen LogP contribution in [0.1, 0.15) is 39.3 Å². The van der Waals surface area contributed by atoms with Gasteiger partial charge in [-0.2, -0.15) is 5.26 Å². The third kappa shape index (κ3) is 4.36. The molecule has 0 heterocycles. The highest BCUT2D eigenvalue weighted by Crippen LogP contribution is 2.14. The fourth-order valence-corrected chi connectivity index (χ4v) is 1.82. The molecule has 0 radical (unpaired) electrons. The maximum absolute atomic E-state index is 12.0. The van der Waals surface area contributed by atoms with E-state index in [0.29, 0.717) is 6.54 Å². The fourth-order valence-electron chi connectivity index (χ4n) is 1.82. The standard InChI is InChI=1S/C16H23N3O/c1-12(2)16(4,11-17)19-15(20)10-18-13(3)14-8-6-5-7-9-14/h5-9,12-13,18H,10H2,1-4H3,(H,19,20)/p+1/t13-,16-/m1/s1. The smallest absolute Gasteiger partial charge is 0.276 e. The second-order valence-corrected chi connectivity index (χ2v) is 5.66. The Balaban J connectivity index is 2.50. The average molecular weight is 274 g/mol. The van der Waals surface area contributed by atoms with E-state index < -0.39 is 5.54 Å². The SMILES string of the molecule is CC(C)[C@@](C)(C#N)NC(=O)C[NH2+][C@H](C)c1ccccc1. The van der Waals surface area contributed by atoms with Crippen LogP contribution in [0.4, 0.5) is 0 Å². The van der Waals surface area contributed by atoms with E-state index in [0.717, 1.165) is 0 Å². The number of amides is 1. The van der Waals surface area contributed by atoms with Gasteiger partial charge in [0, 0.05) is 5.56 Å². The minimum atomic E-state index is -0.805. The summed E-state index contributed by atoms with van der Waals surface area (Å²) >= 11 is 0. The van der Waals surface area contributed by atoms with Crippen molar-refractivity contribution >= 4 is 5.91 Å². The van der Waals surface area contributed by atoms with E-state index in [-0.39, 0.29) is 17.9 Å². The number of nitrogens with two attached hydrogens (primary N) is 1. The Hall–Kier alpha value is -1.86. The first-order chi connectivity index (χ1) is 9.39. The highest BCUT2D eigenvalue weighted by molar-refractivity contribution is 5.78. The molecule has 3 N–H and O–H groups in total. The van der Waals surface area contributed by atoms with Crippen molar-refractivity contribution in [1.82, 2.24) is 5.32 Å². The number of nitriles is 1. The van der Waals surface area contributed by atoms with E-state index in [2.05, 4.69) is 18.3 Å². The number of carbonyl (C=O) groups excluding carboxylic acids is 1. The monoisotopic (exact) mass is 274 g/mol. The van der Waals surface area contributed by atoms with Crippen molar-refractivity contribution in [2.24, 2.45) is 5.92 Å². The van der Waals surface area contributed by atoms with Gasteiger partial charge in [-0.1, -0.05) is 44.2 Å². The molecule has 1 aromatic carbocycles. The molecule has 0 fully saturated rings. The van der Waals surface area contributed by atoms with Crippen molar-refractivity contribution in [3.05, 3.63) is 35.9 Å². The maximum Gasteiger partial charge on any atom is 0.276 e. The molecule has 0 aliphatic carbocycles. The number of hydrogen-bond donors (Lipinski definition) is 2. The fraction of sp³-hybridized carbons (Fsp3) is 0.500. The topological polar surface area (TPSA) is 69.5 Å². The van der Waals surface area contributed by atoms with Crippen LogP contribution < -0.4 is 10.6 Å². The molecule has 4 nitrogen and oxygen atoms in total. The molecule has 0 aromatic heterocycles. The van der Waals surface area contributed by atoms with Gasteiger partial charge in [0.05, 0.1) is 6.07 Å². The molecular weight excluding hydrogens is 250 g/mol. The summed E-state index contributed by atoms with van der Waals surface area (Å²) in [5.74, 6) is -0.0338. The Morgan fingerprint density at radius 3 is 2.45 bits per heavy atom. The predicted molar refractivity (Wildman–Crippen MR) is 78.6 cm³/mol. The zero-order valence-electron chi connectivity index (χ0n) is 12.7. The van der Waals surface area contributed by atoms with Crippen LogP contribution in [0.5, 0.6) is 0 Å². The molecule has 2 atom stereocenters. The zero-order valence-corrected chi connectivity index (χ0v) is 12.7. The summed E-state index contributed by atoms with van der Waals surface area (Å²) in [6.45, 7) is 8.00. The molecule has 20 heavy (non-hydrogen) atoms. The minimum Gasteiger partial charge on any atom is -0.333 e. The van der Waals surface area contributed by atoms with E-state index in [1.807, 2.05) is 49.5 Å². The second-order valence-electron chi connectivity index (χ2n) is 5.66. The molecule has 0 aliphatic heterocycles. The van der Waals surface area contributed by atoms with Gasteiger partial charge in [-0.3, -0.25) is 4.79 Å². The number of nitrogens with zero attached hydrogens (tertiary/aromatic N) is 1. The molecule has 0 saturated heterocycles. The first-order valence-corrected chi connectivity index (χ1v) is 6.99. The minimum absolute atomic E-state index is 0.0722. The lowest BCUT2D eigenvalue weighted by Gasteiger charge is -2.27. The normalized spacial score (nSPS) is 15.2. The predicted octanol–water partition coefficient (Wildman–Crippen LogP) is 1.37. The van der Waals surface area contributed by atoms with Gasteiger partial charge in [0.15, 0.2) is 6.54 Å². The number of hydrogen-bond acceptors (Lipinski definition) is 2. The lowest BCUT2D eigenvalue weighted by atomic mass is 9.90. The zero-order chi connectivity index (χ0) is 15.2. The third-order valence-corrected chi connectivity index (χ3v) is 3.77. The van der Waals surface area contributed by atoms with Crippen LogP contribution in [-0.4, -0.2) is 18.0 Å². The van der Waals surface area contributed by atoms with Gasteiger partial charge in [0.25, 0.3) is 5.91 Å². The van der Waals surface area contributed by atoms with Gasteiger partial charge < -0.3 is 10.6 Å². The molecule has 0 spiro atoms. The van der Waals surface area contributed by atoms with E-state index in [4.69, 9.17) is 0 Å². The van der Waals surface area contributed by atoms with Gasteiger partial charge in [0.2, 0.25) is 0 Å². The number of benzene rings is 1. The average Bonchev–Trinajstić information content (AvgIpc) is 2.45. The Kier molecular flexibility index (Phi) is 5.72. The van der Waals surface area contributed by atoms with E-state index in [1.165, 1.54) is 5.56 Å². The van der Waals surface area contributed by atoms with Crippen LogP contribution >= 0.6 is 0 Å². The van der Waals surface area contributed by atoms with Crippen LogP contribution in [0.3, 0.4) is 0 Å². The van der Waals surface area contributed by atoms with Crippen LogP contribution in [0, 0.1) is 17.2 Å². The summed E-state index contributed by atoms with van der Waals surface area (Å²) in [7, 11) is 0. The molecule has 1 amide bonds. The Morgan fingerprint density at radius 1 is 1.35 bits per heavy atom. The van der Waals surface area contributed by atoms with E-state index in [1.54, 1.807) is 6.92 Å². The van der Waals surface area contributed by atoms with Crippen molar-refractivity contribution in [2.45, 2.75) is 39.3 Å². The highest BCUT2D eigenvalue weighted by atomic mass is 16.2. The van der Waals surface area contributed by atoms with Crippen LogP contribution in [0.25, 0.3) is 0 Å². The van der Waals surface area contributed by atoms with Gasteiger partial charge in [-0.25, -0.2) is 0 Å². The Morgan fingerprint density at radius 2 is 1.95 bits per heavy atom. The molecule has 0 bridgehead atoms. The maximum atomic E-state index is 12.0. The van der Waals surface area contributed by atoms with Crippen LogP contribution in [0.15, 0.2) is 30.3 Å². The molecule has 4 heteroatoms. The first-order valence-electron chi connectivity index (χ1n) is 6.99. The molecule has 108 valence electrons. The number of carbonyl (C=O) groups is 1. The summed E-state index contributed by atoms with van der Waals surface area (Å²) < 4.78 is 0.